The summed E-state index contributed by atoms with van der Waals surface area (Å²) >= 11 is 0. The first kappa shape index (κ1) is 10.5. The van der Waals surface area contributed by atoms with E-state index in [2.05, 4.69) is 19.2 Å². The first-order valence-corrected chi connectivity index (χ1v) is 4.97. The number of carbonyl (C=O) groups is 1. The minimum absolute atomic E-state index is 0.0794. The van der Waals surface area contributed by atoms with E-state index in [0.29, 0.717) is 12.5 Å². The fraction of sp³-hybridized carbons (Fsp3) is 0.900. The van der Waals surface area contributed by atoms with Gasteiger partial charge in [0.15, 0.2) is 0 Å². The number of rotatable bonds is 2. The van der Waals surface area contributed by atoms with Gasteiger partial charge in [-0.25, -0.2) is 0 Å². The molecule has 0 radical (unpaired) electrons. The van der Waals surface area contributed by atoms with Crippen LogP contribution in [0.3, 0.4) is 0 Å². The Kier molecular flexibility index (Phi) is 3.31. The summed E-state index contributed by atoms with van der Waals surface area (Å²) in [5.74, 6) is 0.141. The van der Waals surface area contributed by atoms with Gasteiger partial charge in [0.1, 0.15) is 0 Å². The van der Waals surface area contributed by atoms with Crippen LogP contribution in [0, 0.1) is 0 Å². The lowest BCUT2D eigenvalue weighted by Crippen LogP contribution is -2.45. The molecule has 1 aliphatic rings. The normalized spacial score (nSPS) is 26.8. The third kappa shape index (κ3) is 3.35. The van der Waals surface area contributed by atoms with Crippen molar-refractivity contribution in [2.45, 2.75) is 51.7 Å². The molecule has 0 spiro atoms. The molecule has 0 aromatic carbocycles. The van der Waals surface area contributed by atoms with Crippen molar-refractivity contribution in [2.24, 2.45) is 0 Å². The standard InChI is InChI=1S/C10H19NO2/c1-4-9(12)11-8-5-6-13-10(2,3)7-8/h8H,4-7H2,1-3H3,(H,11,12). The van der Waals surface area contributed by atoms with E-state index in [9.17, 15) is 4.79 Å². The van der Waals surface area contributed by atoms with Gasteiger partial charge in [-0.1, -0.05) is 6.92 Å². The first-order valence-electron chi connectivity index (χ1n) is 4.97. The lowest BCUT2D eigenvalue weighted by molar-refractivity contribution is -0.123. The van der Waals surface area contributed by atoms with E-state index in [4.69, 9.17) is 4.74 Å². The fourth-order valence-corrected chi connectivity index (χ4v) is 1.68. The second-order valence-corrected chi connectivity index (χ2v) is 4.22. The molecule has 1 heterocycles. The number of hydrogen-bond donors (Lipinski definition) is 1. The Labute approximate surface area is 79.8 Å². The van der Waals surface area contributed by atoms with Crippen LogP contribution in [0.25, 0.3) is 0 Å². The average molecular weight is 185 g/mol. The lowest BCUT2D eigenvalue weighted by Gasteiger charge is -2.35. The molecule has 1 atom stereocenters. The minimum Gasteiger partial charge on any atom is -0.375 e. The van der Waals surface area contributed by atoms with Crippen molar-refractivity contribution in [2.75, 3.05) is 6.61 Å². The first-order chi connectivity index (χ1) is 6.03. The topological polar surface area (TPSA) is 38.3 Å². The van der Waals surface area contributed by atoms with Gasteiger partial charge in [0.25, 0.3) is 0 Å². The minimum atomic E-state index is -0.0794. The molecule has 1 rings (SSSR count). The van der Waals surface area contributed by atoms with Gasteiger partial charge in [-0.15, -0.1) is 0 Å². The molecule has 1 amide bonds. The van der Waals surface area contributed by atoms with E-state index >= 15 is 0 Å². The van der Waals surface area contributed by atoms with Crippen LogP contribution < -0.4 is 5.32 Å². The van der Waals surface area contributed by atoms with E-state index < -0.39 is 0 Å². The van der Waals surface area contributed by atoms with Gasteiger partial charge in [0.05, 0.1) is 5.60 Å². The van der Waals surface area contributed by atoms with Crippen molar-refractivity contribution >= 4 is 5.91 Å². The SMILES string of the molecule is CCC(=O)NC1CCOC(C)(C)C1. The number of amides is 1. The van der Waals surface area contributed by atoms with E-state index in [1.807, 2.05) is 6.92 Å². The third-order valence-corrected chi connectivity index (χ3v) is 2.38. The van der Waals surface area contributed by atoms with Crippen LogP contribution in [0.4, 0.5) is 0 Å². The molecule has 0 aromatic heterocycles. The van der Waals surface area contributed by atoms with Crippen LogP contribution in [0.5, 0.6) is 0 Å². The summed E-state index contributed by atoms with van der Waals surface area (Å²) in [6, 6.07) is 0.302. The maximum absolute atomic E-state index is 11.1. The average Bonchev–Trinajstić information content (AvgIpc) is 2.02. The van der Waals surface area contributed by atoms with E-state index in [-0.39, 0.29) is 11.5 Å². The molecule has 0 bridgehead atoms. The van der Waals surface area contributed by atoms with Crippen molar-refractivity contribution in [1.29, 1.82) is 0 Å². The highest BCUT2D eigenvalue weighted by atomic mass is 16.5. The molecule has 1 N–H and O–H groups in total. The monoisotopic (exact) mass is 185 g/mol. The van der Waals surface area contributed by atoms with Crippen molar-refractivity contribution in [1.82, 2.24) is 5.32 Å². The van der Waals surface area contributed by atoms with E-state index in [0.717, 1.165) is 19.4 Å². The maximum Gasteiger partial charge on any atom is 0.219 e. The molecule has 76 valence electrons. The second kappa shape index (κ2) is 4.09. The van der Waals surface area contributed by atoms with Gasteiger partial charge in [0.2, 0.25) is 5.91 Å². The number of carbonyl (C=O) groups excluding carboxylic acids is 1. The summed E-state index contributed by atoms with van der Waals surface area (Å²) in [7, 11) is 0. The van der Waals surface area contributed by atoms with Gasteiger partial charge < -0.3 is 10.1 Å². The van der Waals surface area contributed by atoms with E-state index in [1.54, 1.807) is 0 Å². The molecular weight excluding hydrogens is 166 g/mol. The summed E-state index contributed by atoms with van der Waals surface area (Å²) < 4.78 is 5.56. The second-order valence-electron chi connectivity index (χ2n) is 4.22. The van der Waals surface area contributed by atoms with E-state index in [1.165, 1.54) is 0 Å². The molecule has 13 heavy (non-hydrogen) atoms. The Balaban J connectivity index is 2.39. The summed E-state index contributed by atoms with van der Waals surface area (Å²) in [6.07, 6.45) is 2.42. The summed E-state index contributed by atoms with van der Waals surface area (Å²) in [5, 5.41) is 3.01. The number of nitrogens with one attached hydrogen (secondary N) is 1. The van der Waals surface area contributed by atoms with Gasteiger partial charge in [-0.3, -0.25) is 4.79 Å². The third-order valence-electron chi connectivity index (χ3n) is 2.38. The Bertz CT molecular complexity index is 189. The quantitative estimate of drug-likeness (QED) is 0.707. The van der Waals surface area contributed by atoms with Crippen molar-refractivity contribution in [3.63, 3.8) is 0 Å². The molecule has 1 saturated heterocycles. The fourth-order valence-electron chi connectivity index (χ4n) is 1.68. The molecule has 1 aliphatic heterocycles. The van der Waals surface area contributed by atoms with Crippen molar-refractivity contribution in [3.05, 3.63) is 0 Å². The van der Waals surface area contributed by atoms with Crippen LogP contribution in [-0.2, 0) is 9.53 Å². The Morgan fingerprint density at radius 3 is 2.85 bits per heavy atom. The highest BCUT2D eigenvalue weighted by molar-refractivity contribution is 5.75. The highest BCUT2D eigenvalue weighted by Gasteiger charge is 2.29. The summed E-state index contributed by atoms with van der Waals surface area (Å²) in [4.78, 5) is 11.1. The van der Waals surface area contributed by atoms with Gasteiger partial charge >= 0.3 is 0 Å². The zero-order valence-electron chi connectivity index (χ0n) is 8.72. The predicted molar refractivity (Wildman–Crippen MR) is 51.5 cm³/mol. The lowest BCUT2D eigenvalue weighted by atomic mass is 9.94. The maximum atomic E-state index is 11.1. The molecular formula is C10H19NO2. The molecule has 1 unspecified atom stereocenters. The Morgan fingerprint density at radius 2 is 2.31 bits per heavy atom. The smallest absolute Gasteiger partial charge is 0.219 e. The molecule has 3 nitrogen and oxygen atoms in total. The van der Waals surface area contributed by atoms with Crippen LogP contribution in [0.2, 0.25) is 0 Å². The van der Waals surface area contributed by atoms with Crippen LogP contribution >= 0.6 is 0 Å². The Morgan fingerprint density at radius 1 is 1.62 bits per heavy atom. The Hall–Kier alpha value is -0.570. The highest BCUT2D eigenvalue weighted by Crippen LogP contribution is 2.23. The number of ether oxygens (including phenoxy) is 1. The molecule has 3 heteroatoms. The molecule has 0 aliphatic carbocycles. The summed E-state index contributed by atoms with van der Waals surface area (Å²) in [6.45, 7) is 6.76. The van der Waals surface area contributed by atoms with Crippen LogP contribution in [-0.4, -0.2) is 24.2 Å². The summed E-state index contributed by atoms with van der Waals surface area (Å²) in [5.41, 5.74) is -0.0794. The predicted octanol–water partition coefficient (Wildman–Crippen LogP) is 1.47. The zero-order chi connectivity index (χ0) is 9.90. The van der Waals surface area contributed by atoms with Crippen molar-refractivity contribution < 1.29 is 9.53 Å². The van der Waals surface area contributed by atoms with Crippen molar-refractivity contribution in [3.8, 4) is 0 Å². The number of hydrogen-bond acceptors (Lipinski definition) is 2. The van der Waals surface area contributed by atoms with Gasteiger partial charge in [-0.05, 0) is 26.7 Å². The van der Waals surface area contributed by atoms with Crippen LogP contribution in [0.15, 0.2) is 0 Å². The largest absolute Gasteiger partial charge is 0.375 e. The molecule has 0 aromatic rings. The van der Waals surface area contributed by atoms with Gasteiger partial charge in [-0.2, -0.15) is 0 Å². The molecule has 0 saturated carbocycles. The molecule has 1 fully saturated rings. The van der Waals surface area contributed by atoms with Crippen LogP contribution in [0.1, 0.15) is 40.0 Å². The van der Waals surface area contributed by atoms with Gasteiger partial charge in [0, 0.05) is 19.1 Å². The zero-order valence-corrected chi connectivity index (χ0v) is 8.72.